The number of nitrogens with two attached hydrogens (primary N) is 1. The third-order valence-electron chi connectivity index (χ3n) is 3.34. The Bertz CT molecular complexity index is 717. The van der Waals surface area contributed by atoms with Crippen molar-refractivity contribution in [2.75, 3.05) is 0 Å². The van der Waals surface area contributed by atoms with Crippen molar-refractivity contribution >= 4 is 10.9 Å². The van der Waals surface area contributed by atoms with E-state index in [1.807, 2.05) is 49.4 Å². The van der Waals surface area contributed by atoms with E-state index in [2.05, 4.69) is 9.97 Å². The number of fused-ring (bicyclic) bond motifs is 1. The summed E-state index contributed by atoms with van der Waals surface area (Å²) in [5.41, 5.74) is 10.3. The lowest BCUT2D eigenvalue weighted by Crippen LogP contribution is -2.15. The van der Waals surface area contributed by atoms with Crippen molar-refractivity contribution in [3.8, 4) is 0 Å². The molecule has 0 bridgehead atoms. The summed E-state index contributed by atoms with van der Waals surface area (Å²) in [6.07, 6.45) is 3.57. The van der Waals surface area contributed by atoms with Crippen molar-refractivity contribution in [1.82, 2.24) is 9.97 Å². The number of aryl methyl sites for hydroxylation is 1. The lowest BCUT2D eigenvalue weighted by Gasteiger charge is -2.15. The molecule has 0 spiro atoms. The van der Waals surface area contributed by atoms with E-state index in [0.29, 0.717) is 0 Å². The standard InChI is InChI=1S/C16H15N3/c1-11-5-3-9-18-15(11)14(17)13-8-2-6-12-7-4-10-19-16(12)13/h2-10,14H,17H2,1H3. The average Bonchev–Trinajstić information content (AvgIpc) is 2.46. The fraction of sp³-hybridized carbons (Fsp3) is 0.125. The summed E-state index contributed by atoms with van der Waals surface area (Å²) < 4.78 is 0. The minimum Gasteiger partial charge on any atom is -0.319 e. The Kier molecular flexibility index (Phi) is 2.97. The van der Waals surface area contributed by atoms with Gasteiger partial charge in [0.2, 0.25) is 0 Å². The first-order valence-corrected chi connectivity index (χ1v) is 6.28. The highest BCUT2D eigenvalue weighted by molar-refractivity contribution is 5.82. The van der Waals surface area contributed by atoms with Crippen LogP contribution in [0.15, 0.2) is 54.9 Å². The number of nitrogens with zero attached hydrogens (tertiary/aromatic N) is 2. The van der Waals surface area contributed by atoms with Crippen LogP contribution in [0.4, 0.5) is 0 Å². The molecule has 3 rings (SSSR count). The molecule has 3 nitrogen and oxygen atoms in total. The Morgan fingerprint density at radius 3 is 2.53 bits per heavy atom. The Morgan fingerprint density at radius 1 is 0.947 bits per heavy atom. The van der Waals surface area contributed by atoms with Crippen LogP contribution in [0, 0.1) is 6.92 Å². The molecule has 2 aromatic heterocycles. The number of para-hydroxylation sites is 1. The molecule has 0 amide bonds. The summed E-state index contributed by atoms with van der Waals surface area (Å²) in [6, 6.07) is 13.8. The molecule has 0 aliphatic rings. The molecule has 0 fully saturated rings. The summed E-state index contributed by atoms with van der Waals surface area (Å²) >= 11 is 0. The second-order valence-corrected chi connectivity index (χ2v) is 4.61. The second-order valence-electron chi connectivity index (χ2n) is 4.61. The third-order valence-corrected chi connectivity index (χ3v) is 3.34. The van der Waals surface area contributed by atoms with Gasteiger partial charge in [0.25, 0.3) is 0 Å². The molecule has 0 saturated carbocycles. The second kappa shape index (κ2) is 4.78. The number of aromatic nitrogens is 2. The third kappa shape index (κ3) is 2.09. The summed E-state index contributed by atoms with van der Waals surface area (Å²) in [4.78, 5) is 8.86. The van der Waals surface area contributed by atoms with Crippen LogP contribution in [-0.2, 0) is 0 Å². The van der Waals surface area contributed by atoms with Crippen molar-refractivity contribution in [3.63, 3.8) is 0 Å². The van der Waals surface area contributed by atoms with E-state index in [1.165, 1.54) is 0 Å². The normalized spacial score (nSPS) is 12.5. The number of hydrogen-bond donors (Lipinski definition) is 1. The highest BCUT2D eigenvalue weighted by Gasteiger charge is 2.15. The van der Waals surface area contributed by atoms with Gasteiger partial charge in [-0.3, -0.25) is 9.97 Å². The van der Waals surface area contributed by atoms with Crippen molar-refractivity contribution < 1.29 is 0 Å². The van der Waals surface area contributed by atoms with Gasteiger partial charge in [-0.1, -0.05) is 30.3 Å². The van der Waals surface area contributed by atoms with E-state index in [0.717, 1.165) is 27.7 Å². The number of rotatable bonds is 2. The van der Waals surface area contributed by atoms with E-state index in [4.69, 9.17) is 5.73 Å². The lowest BCUT2D eigenvalue weighted by molar-refractivity contribution is 0.822. The minimum atomic E-state index is -0.250. The zero-order valence-electron chi connectivity index (χ0n) is 10.7. The van der Waals surface area contributed by atoms with Gasteiger partial charge in [-0.2, -0.15) is 0 Å². The highest BCUT2D eigenvalue weighted by Crippen LogP contribution is 2.26. The van der Waals surface area contributed by atoms with Gasteiger partial charge >= 0.3 is 0 Å². The topological polar surface area (TPSA) is 51.8 Å². The molecule has 3 aromatic rings. The van der Waals surface area contributed by atoms with Gasteiger partial charge in [0, 0.05) is 23.3 Å². The Hall–Kier alpha value is -2.26. The maximum atomic E-state index is 6.38. The van der Waals surface area contributed by atoms with Crippen molar-refractivity contribution in [2.24, 2.45) is 5.73 Å². The fourth-order valence-electron chi connectivity index (χ4n) is 2.35. The predicted octanol–water partition coefficient (Wildman–Crippen LogP) is 2.99. The van der Waals surface area contributed by atoms with Gasteiger partial charge in [-0.05, 0) is 24.6 Å². The molecule has 94 valence electrons. The van der Waals surface area contributed by atoms with E-state index >= 15 is 0 Å². The number of hydrogen-bond acceptors (Lipinski definition) is 3. The quantitative estimate of drug-likeness (QED) is 0.759. The summed E-state index contributed by atoms with van der Waals surface area (Å²) in [7, 11) is 0. The molecule has 3 heteroatoms. The zero-order valence-corrected chi connectivity index (χ0v) is 10.7. The monoisotopic (exact) mass is 249 g/mol. The molecule has 1 aromatic carbocycles. The van der Waals surface area contributed by atoms with Crippen molar-refractivity contribution in [3.05, 3.63) is 71.7 Å². The number of pyridine rings is 2. The van der Waals surface area contributed by atoms with Gasteiger partial charge in [-0.15, -0.1) is 0 Å². The molecule has 1 unspecified atom stereocenters. The maximum Gasteiger partial charge on any atom is 0.0753 e. The first-order valence-electron chi connectivity index (χ1n) is 6.28. The lowest BCUT2D eigenvalue weighted by atomic mass is 9.98. The molecular formula is C16H15N3. The Labute approximate surface area is 112 Å². The molecule has 0 aliphatic carbocycles. The van der Waals surface area contributed by atoms with Gasteiger partial charge in [0.15, 0.2) is 0 Å². The molecule has 2 N–H and O–H groups in total. The highest BCUT2D eigenvalue weighted by atomic mass is 14.8. The van der Waals surface area contributed by atoms with Crippen LogP contribution in [-0.4, -0.2) is 9.97 Å². The van der Waals surface area contributed by atoms with Crippen LogP contribution < -0.4 is 5.73 Å². The largest absolute Gasteiger partial charge is 0.319 e. The van der Waals surface area contributed by atoms with Crippen molar-refractivity contribution in [1.29, 1.82) is 0 Å². The maximum absolute atomic E-state index is 6.38. The molecular weight excluding hydrogens is 234 g/mol. The van der Waals surface area contributed by atoms with Gasteiger partial charge in [-0.25, -0.2) is 0 Å². The molecule has 2 heterocycles. The Morgan fingerprint density at radius 2 is 1.68 bits per heavy atom. The first-order chi connectivity index (χ1) is 9.27. The molecule has 1 atom stereocenters. The van der Waals surface area contributed by atoms with Gasteiger partial charge in [0.1, 0.15) is 0 Å². The SMILES string of the molecule is Cc1cccnc1C(N)c1cccc2cccnc12. The van der Waals surface area contributed by atoms with Crippen LogP contribution in [0.5, 0.6) is 0 Å². The average molecular weight is 249 g/mol. The van der Waals surface area contributed by atoms with E-state index < -0.39 is 0 Å². The van der Waals surface area contributed by atoms with E-state index in [9.17, 15) is 0 Å². The first kappa shape index (κ1) is 11.8. The smallest absolute Gasteiger partial charge is 0.0753 e. The van der Waals surface area contributed by atoms with Crippen molar-refractivity contribution in [2.45, 2.75) is 13.0 Å². The summed E-state index contributed by atoms with van der Waals surface area (Å²) in [6.45, 7) is 2.03. The van der Waals surface area contributed by atoms with Crippen LogP contribution in [0.1, 0.15) is 22.9 Å². The van der Waals surface area contributed by atoms with Crippen LogP contribution in [0.25, 0.3) is 10.9 Å². The van der Waals surface area contributed by atoms with Crippen LogP contribution in [0.2, 0.25) is 0 Å². The zero-order chi connectivity index (χ0) is 13.2. The fourth-order valence-corrected chi connectivity index (χ4v) is 2.35. The van der Waals surface area contributed by atoms with Crippen LogP contribution >= 0.6 is 0 Å². The molecule has 0 saturated heterocycles. The van der Waals surface area contributed by atoms with Gasteiger partial charge in [0.05, 0.1) is 17.3 Å². The summed E-state index contributed by atoms with van der Waals surface area (Å²) in [5.74, 6) is 0. The molecule has 0 radical (unpaired) electrons. The molecule has 0 aliphatic heterocycles. The van der Waals surface area contributed by atoms with E-state index in [-0.39, 0.29) is 6.04 Å². The van der Waals surface area contributed by atoms with Crippen LogP contribution in [0.3, 0.4) is 0 Å². The van der Waals surface area contributed by atoms with E-state index in [1.54, 1.807) is 12.4 Å². The van der Waals surface area contributed by atoms with Gasteiger partial charge < -0.3 is 5.73 Å². The summed E-state index contributed by atoms with van der Waals surface area (Å²) in [5, 5.41) is 1.10. The number of benzene rings is 1. The predicted molar refractivity (Wildman–Crippen MR) is 76.7 cm³/mol. The minimum absolute atomic E-state index is 0.250. The molecule has 19 heavy (non-hydrogen) atoms. The Balaban J connectivity index is 2.17.